The van der Waals surface area contributed by atoms with Crippen LogP contribution in [0, 0.1) is 0 Å². The van der Waals surface area contributed by atoms with E-state index in [9.17, 15) is 8.42 Å². The number of anilines is 1. The molecule has 0 amide bonds. The van der Waals surface area contributed by atoms with Crippen LogP contribution in [0.25, 0.3) is 0 Å². The molecule has 0 unspecified atom stereocenters. The molecule has 0 saturated heterocycles. The van der Waals surface area contributed by atoms with Crippen molar-refractivity contribution in [1.29, 1.82) is 0 Å². The number of hydrogen-bond acceptors (Lipinski definition) is 4. The Labute approximate surface area is 124 Å². The molecule has 4 nitrogen and oxygen atoms in total. The summed E-state index contributed by atoms with van der Waals surface area (Å²) >= 11 is 9.37. The minimum atomic E-state index is -3.25. The van der Waals surface area contributed by atoms with Gasteiger partial charge in [-0.1, -0.05) is 11.6 Å². The number of benzene rings is 1. The molecule has 1 aromatic heterocycles. The number of halogens is 2. The molecule has 0 spiro atoms. The van der Waals surface area contributed by atoms with E-state index >= 15 is 0 Å². The van der Waals surface area contributed by atoms with Gasteiger partial charge in [0.2, 0.25) is 0 Å². The molecule has 2 aromatic rings. The fourth-order valence-corrected chi connectivity index (χ4v) is 2.67. The molecule has 0 aliphatic heterocycles. The van der Waals surface area contributed by atoms with Gasteiger partial charge in [0.05, 0.1) is 32.9 Å². The first-order valence-corrected chi connectivity index (χ1v) is 8.39. The van der Waals surface area contributed by atoms with E-state index in [1.807, 2.05) is 0 Å². The molecule has 0 fully saturated rings. The monoisotopic (exact) mass is 363 g/mol. The standard InChI is InChI=1S/C12H11BrClNO3S/c1-19(16,17)8-2-3-10(14)11(6-8)15-7-12-9(13)4-5-18-12/h2-6,15H,7H2,1H3. The van der Waals surface area contributed by atoms with Crippen LogP contribution < -0.4 is 5.32 Å². The van der Waals surface area contributed by atoms with Crippen LogP contribution in [0.3, 0.4) is 0 Å². The number of sulfone groups is 1. The highest BCUT2D eigenvalue weighted by molar-refractivity contribution is 9.10. The van der Waals surface area contributed by atoms with Crippen molar-refractivity contribution >= 4 is 43.1 Å². The van der Waals surface area contributed by atoms with Gasteiger partial charge in [-0.15, -0.1) is 0 Å². The predicted molar refractivity (Wildman–Crippen MR) is 78.3 cm³/mol. The lowest BCUT2D eigenvalue weighted by atomic mass is 10.3. The van der Waals surface area contributed by atoms with Crippen LogP contribution in [-0.2, 0) is 16.4 Å². The molecule has 1 heterocycles. The van der Waals surface area contributed by atoms with E-state index in [0.29, 0.717) is 23.0 Å². The molecule has 0 atom stereocenters. The van der Waals surface area contributed by atoms with Gasteiger partial charge in [-0.25, -0.2) is 8.42 Å². The van der Waals surface area contributed by atoms with Crippen LogP contribution >= 0.6 is 27.5 Å². The summed E-state index contributed by atoms with van der Waals surface area (Å²) in [4.78, 5) is 0.220. The van der Waals surface area contributed by atoms with Crippen molar-refractivity contribution in [2.75, 3.05) is 11.6 Å². The predicted octanol–water partition coefficient (Wildman–Crippen LogP) is 3.71. The van der Waals surface area contributed by atoms with E-state index < -0.39 is 9.84 Å². The minimum absolute atomic E-state index is 0.220. The molecule has 1 aromatic carbocycles. The Hall–Kier alpha value is -0.980. The smallest absolute Gasteiger partial charge is 0.175 e. The molecule has 102 valence electrons. The van der Waals surface area contributed by atoms with Crippen molar-refractivity contribution in [2.45, 2.75) is 11.4 Å². The Balaban J connectivity index is 2.23. The normalized spacial score (nSPS) is 11.5. The second kappa shape index (κ2) is 5.56. The highest BCUT2D eigenvalue weighted by Crippen LogP contribution is 2.27. The highest BCUT2D eigenvalue weighted by Gasteiger charge is 2.11. The molecule has 0 radical (unpaired) electrons. The van der Waals surface area contributed by atoms with Crippen molar-refractivity contribution in [2.24, 2.45) is 0 Å². The maximum Gasteiger partial charge on any atom is 0.175 e. The number of furan rings is 1. The third kappa shape index (κ3) is 3.52. The van der Waals surface area contributed by atoms with E-state index in [1.165, 1.54) is 12.1 Å². The zero-order valence-corrected chi connectivity index (χ0v) is 13.1. The summed E-state index contributed by atoms with van der Waals surface area (Å²) in [6.45, 7) is 0.403. The number of nitrogens with one attached hydrogen (secondary N) is 1. The third-order valence-electron chi connectivity index (χ3n) is 2.50. The maximum atomic E-state index is 11.5. The van der Waals surface area contributed by atoms with Gasteiger partial charge in [-0.3, -0.25) is 0 Å². The van der Waals surface area contributed by atoms with Gasteiger partial charge < -0.3 is 9.73 Å². The van der Waals surface area contributed by atoms with Crippen LogP contribution in [0.1, 0.15) is 5.76 Å². The summed E-state index contributed by atoms with van der Waals surface area (Å²) in [7, 11) is -3.25. The molecule has 7 heteroatoms. The SMILES string of the molecule is CS(=O)(=O)c1ccc(Cl)c(NCc2occc2Br)c1. The number of rotatable bonds is 4. The first-order valence-electron chi connectivity index (χ1n) is 5.33. The Kier molecular flexibility index (Phi) is 4.23. The summed E-state index contributed by atoms with van der Waals surface area (Å²) in [5.74, 6) is 0.709. The van der Waals surface area contributed by atoms with Crippen LogP contribution in [0.2, 0.25) is 5.02 Å². The summed E-state index contributed by atoms with van der Waals surface area (Å²) in [5, 5.41) is 3.50. The second-order valence-corrected chi connectivity index (χ2v) is 7.24. The van der Waals surface area contributed by atoms with Gasteiger partial charge in [-0.2, -0.15) is 0 Å². The van der Waals surface area contributed by atoms with Crippen molar-refractivity contribution in [3.8, 4) is 0 Å². The Morgan fingerprint density at radius 2 is 2.11 bits per heavy atom. The van der Waals surface area contributed by atoms with Crippen molar-refractivity contribution in [1.82, 2.24) is 0 Å². The first-order chi connectivity index (χ1) is 8.88. The van der Waals surface area contributed by atoms with Crippen LogP contribution in [0.4, 0.5) is 5.69 Å². The van der Waals surface area contributed by atoms with Crippen molar-refractivity contribution in [3.05, 3.63) is 45.8 Å². The molecule has 0 saturated carbocycles. The second-order valence-electron chi connectivity index (χ2n) is 3.96. The molecule has 1 N–H and O–H groups in total. The molecule has 19 heavy (non-hydrogen) atoms. The minimum Gasteiger partial charge on any atom is -0.466 e. The highest BCUT2D eigenvalue weighted by atomic mass is 79.9. The lowest BCUT2D eigenvalue weighted by Crippen LogP contribution is -2.02. The molecule has 2 rings (SSSR count). The van der Waals surface area contributed by atoms with E-state index in [0.717, 1.165) is 10.7 Å². The van der Waals surface area contributed by atoms with Crippen LogP contribution in [0.5, 0.6) is 0 Å². The molecule has 0 aliphatic rings. The quantitative estimate of drug-likeness (QED) is 0.898. The van der Waals surface area contributed by atoms with Crippen LogP contribution in [0.15, 0.2) is 44.3 Å². The number of hydrogen-bond donors (Lipinski definition) is 1. The molecular weight excluding hydrogens is 354 g/mol. The Morgan fingerprint density at radius 3 is 2.68 bits per heavy atom. The van der Waals surface area contributed by atoms with E-state index in [-0.39, 0.29) is 4.90 Å². The first kappa shape index (κ1) is 14.4. The van der Waals surface area contributed by atoms with Gasteiger partial charge in [-0.05, 0) is 40.2 Å². The lowest BCUT2D eigenvalue weighted by Gasteiger charge is -2.09. The molecular formula is C12H11BrClNO3S. The van der Waals surface area contributed by atoms with Crippen LogP contribution in [-0.4, -0.2) is 14.7 Å². The van der Waals surface area contributed by atoms with E-state index in [4.69, 9.17) is 16.0 Å². The van der Waals surface area contributed by atoms with Crippen molar-refractivity contribution < 1.29 is 12.8 Å². The van der Waals surface area contributed by atoms with Gasteiger partial charge in [0.1, 0.15) is 5.76 Å². The Bertz CT molecular complexity index is 697. The van der Waals surface area contributed by atoms with E-state index in [2.05, 4.69) is 21.2 Å². The fraction of sp³-hybridized carbons (Fsp3) is 0.167. The average Bonchev–Trinajstić information content (AvgIpc) is 2.72. The zero-order valence-electron chi connectivity index (χ0n) is 9.98. The van der Waals surface area contributed by atoms with Gasteiger partial charge in [0.25, 0.3) is 0 Å². The summed E-state index contributed by atoms with van der Waals surface area (Å²) in [5.41, 5.74) is 0.549. The van der Waals surface area contributed by atoms with Crippen molar-refractivity contribution in [3.63, 3.8) is 0 Å². The van der Waals surface area contributed by atoms with Gasteiger partial charge in [0.15, 0.2) is 9.84 Å². The lowest BCUT2D eigenvalue weighted by molar-refractivity contribution is 0.516. The van der Waals surface area contributed by atoms with Gasteiger partial charge >= 0.3 is 0 Å². The van der Waals surface area contributed by atoms with E-state index in [1.54, 1.807) is 18.4 Å². The maximum absolute atomic E-state index is 11.5. The fourth-order valence-electron chi connectivity index (χ4n) is 1.50. The zero-order chi connectivity index (χ0) is 14.0. The largest absolute Gasteiger partial charge is 0.466 e. The molecule has 0 aliphatic carbocycles. The average molecular weight is 365 g/mol. The topological polar surface area (TPSA) is 59.3 Å². The summed E-state index contributed by atoms with van der Waals surface area (Å²) in [6.07, 6.45) is 2.72. The third-order valence-corrected chi connectivity index (χ3v) is 4.64. The Morgan fingerprint density at radius 1 is 1.37 bits per heavy atom. The summed E-state index contributed by atoms with van der Waals surface area (Å²) in [6, 6.07) is 6.32. The summed E-state index contributed by atoms with van der Waals surface area (Å²) < 4.78 is 29.1. The van der Waals surface area contributed by atoms with Gasteiger partial charge in [0, 0.05) is 6.26 Å². The molecule has 0 bridgehead atoms.